The molecule has 1 saturated heterocycles. The molecule has 0 unspecified atom stereocenters. The van der Waals surface area contributed by atoms with E-state index < -0.39 is 11.6 Å². The van der Waals surface area contributed by atoms with Crippen molar-refractivity contribution in [2.24, 2.45) is 0 Å². The van der Waals surface area contributed by atoms with Crippen molar-refractivity contribution in [3.8, 4) is 0 Å². The van der Waals surface area contributed by atoms with E-state index in [1.54, 1.807) is 0 Å². The maximum absolute atomic E-state index is 11.0. The molecule has 0 bridgehead atoms. The molecule has 1 rings (SSSR count). The summed E-state index contributed by atoms with van der Waals surface area (Å²) in [5, 5.41) is 45.9. The molecule has 0 saturated carbocycles. The maximum atomic E-state index is 11.0. The van der Waals surface area contributed by atoms with Gasteiger partial charge in [-0.05, 0) is 52.0 Å². The van der Waals surface area contributed by atoms with Gasteiger partial charge in [0, 0.05) is 18.6 Å². The molecule has 166 valence electrons. The van der Waals surface area contributed by atoms with Gasteiger partial charge in [0.1, 0.15) is 0 Å². The summed E-state index contributed by atoms with van der Waals surface area (Å²) in [4.78, 5) is 11.0. The molecule has 28 heavy (non-hydrogen) atoms. The quantitative estimate of drug-likeness (QED) is 0.231. The van der Waals surface area contributed by atoms with Crippen LogP contribution in [0.25, 0.3) is 0 Å². The highest BCUT2D eigenvalue weighted by molar-refractivity contribution is 5.68. The van der Waals surface area contributed by atoms with Gasteiger partial charge in [0.05, 0.1) is 24.2 Å². The van der Waals surface area contributed by atoms with Crippen LogP contribution in [0.15, 0.2) is 0 Å². The van der Waals surface area contributed by atoms with Gasteiger partial charge in [0.2, 0.25) is 0 Å². The summed E-state index contributed by atoms with van der Waals surface area (Å²) in [7, 11) is 0. The molecule has 0 amide bonds. The van der Waals surface area contributed by atoms with Crippen LogP contribution >= 0.6 is 0 Å². The summed E-state index contributed by atoms with van der Waals surface area (Å²) in [6.07, 6.45) is 7.63. The molecule has 7 nitrogen and oxygen atoms in total. The fourth-order valence-electron chi connectivity index (χ4n) is 4.02. The fourth-order valence-corrected chi connectivity index (χ4v) is 4.02. The minimum absolute atomic E-state index is 0.128. The highest BCUT2D eigenvalue weighted by Crippen LogP contribution is 2.21. The zero-order valence-corrected chi connectivity index (χ0v) is 17.7. The number of hydrogen-bond donors (Lipinski definition) is 6. The molecule has 0 aromatic rings. The number of carboxylic acid groups (broad SMARTS) is 1. The molecular weight excluding hydrogens is 360 g/mol. The lowest BCUT2D eigenvalue weighted by Crippen LogP contribution is -2.48. The number of nitrogens with one attached hydrogen (secondary N) is 2. The van der Waals surface area contributed by atoms with Crippen LogP contribution in [0.1, 0.15) is 84.5 Å². The summed E-state index contributed by atoms with van der Waals surface area (Å²) >= 11 is 0. The molecule has 5 atom stereocenters. The topological polar surface area (TPSA) is 122 Å². The molecule has 0 radical (unpaired) electrons. The summed E-state index contributed by atoms with van der Waals surface area (Å²) in [5.41, 5.74) is -1.18. The minimum atomic E-state index is -1.18. The normalized spacial score (nSPS) is 26.0. The van der Waals surface area contributed by atoms with Gasteiger partial charge in [-0.3, -0.25) is 4.79 Å². The van der Waals surface area contributed by atoms with Crippen molar-refractivity contribution < 1.29 is 25.2 Å². The number of aliphatic carboxylic acids is 1. The van der Waals surface area contributed by atoms with Crippen molar-refractivity contribution in [3.63, 3.8) is 0 Å². The first-order chi connectivity index (χ1) is 13.3. The minimum Gasteiger partial charge on any atom is -0.481 e. The van der Waals surface area contributed by atoms with Gasteiger partial charge in [-0.2, -0.15) is 0 Å². The lowest BCUT2D eigenvalue weighted by Gasteiger charge is -2.33. The molecule has 0 aromatic heterocycles. The van der Waals surface area contributed by atoms with Crippen LogP contribution < -0.4 is 10.6 Å². The monoisotopic (exact) mass is 402 g/mol. The number of carboxylic acids is 1. The van der Waals surface area contributed by atoms with Gasteiger partial charge in [-0.15, -0.1) is 0 Å². The molecule has 1 fully saturated rings. The molecule has 0 aliphatic carbocycles. The van der Waals surface area contributed by atoms with Crippen LogP contribution in [0.4, 0.5) is 0 Å². The third-order valence-corrected chi connectivity index (χ3v) is 5.85. The Morgan fingerprint density at radius 1 is 1.21 bits per heavy atom. The first kappa shape index (κ1) is 25.3. The van der Waals surface area contributed by atoms with E-state index >= 15 is 0 Å². The Hall–Kier alpha value is -0.730. The van der Waals surface area contributed by atoms with Gasteiger partial charge < -0.3 is 31.1 Å². The fraction of sp³-hybridized carbons (Fsp3) is 0.952. The predicted molar refractivity (Wildman–Crippen MR) is 110 cm³/mol. The molecule has 1 aliphatic rings. The van der Waals surface area contributed by atoms with E-state index in [1.165, 1.54) is 0 Å². The highest BCUT2D eigenvalue weighted by Gasteiger charge is 2.29. The van der Waals surface area contributed by atoms with Gasteiger partial charge >= 0.3 is 5.97 Å². The molecule has 1 aliphatic heterocycles. The highest BCUT2D eigenvalue weighted by atomic mass is 16.4. The summed E-state index contributed by atoms with van der Waals surface area (Å²) in [6, 6.07) is 0.514. The molecule has 1 heterocycles. The smallest absolute Gasteiger partial charge is 0.306 e. The van der Waals surface area contributed by atoms with Gasteiger partial charge in [0.15, 0.2) is 0 Å². The Labute approximate surface area is 169 Å². The number of aliphatic hydroxyl groups is 3. The van der Waals surface area contributed by atoms with Crippen molar-refractivity contribution >= 4 is 5.97 Å². The third kappa shape index (κ3) is 10.7. The Bertz CT molecular complexity index is 437. The third-order valence-electron chi connectivity index (χ3n) is 5.85. The summed E-state index contributed by atoms with van der Waals surface area (Å²) in [6.45, 7) is 4.94. The number of carbonyl (C=O) groups is 1. The number of aliphatic hydroxyl groups excluding tert-OH is 2. The largest absolute Gasteiger partial charge is 0.481 e. The Balaban J connectivity index is 2.11. The first-order valence-corrected chi connectivity index (χ1v) is 11.0. The van der Waals surface area contributed by atoms with Crippen LogP contribution in [0.2, 0.25) is 0 Å². The second kappa shape index (κ2) is 13.5. The average molecular weight is 403 g/mol. The van der Waals surface area contributed by atoms with E-state index in [9.17, 15) is 20.1 Å². The molecule has 0 aromatic carbocycles. The second-order valence-corrected chi connectivity index (χ2v) is 8.56. The molecule has 0 spiro atoms. The van der Waals surface area contributed by atoms with Gasteiger partial charge in [-0.1, -0.05) is 32.6 Å². The summed E-state index contributed by atoms with van der Waals surface area (Å²) in [5.74, 6) is -0.972. The summed E-state index contributed by atoms with van der Waals surface area (Å²) < 4.78 is 0. The average Bonchev–Trinajstić information content (AvgIpc) is 2.63. The van der Waals surface area contributed by atoms with Crippen LogP contribution in [0, 0.1) is 0 Å². The molecular formula is C21H42N2O5. The zero-order valence-electron chi connectivity index (χ0n) is 17.7. The van der Waals surface area contributed by atoms with Gasteiger partial charge in [0.25, 0.3) is 0 Å². The van der Waals surface area contributed by atoms with Crippen molar-refractivity contribution in [2.45, 2.75) is 114 Å². The first-order valence-electron chi connectivity index (χ1n) is 11.0. The van der Waals surface area contributed by atoms with Crippen molar-refractivity contribution in [1.82, 2.24) is 10.6 Å². The van der Waals surface area contributed by atoms with Crippen molar-refractivity contribution in [1.29, 1.82) is 0 Å². The number of rotatable bonds is 15. The van der Waals surface area contributed by atoms with Crippen molar-refractivity contribution in [3.05, 3.63) is 0 Å². The second-order valence-electron chi connectivity index (χ2n) is 8.56. The van der Waals surface area contributed by atoms with Crippen LogP contribution in [-0.2, 0) is 4.79 Å². The van der Waals surface area contributed by atoms with Crippen LogP contribution in [0.3, 0.4) is 0 Å². The SMILES string of the molecule is CCNC[C@@](O)(CCCCCC[C@H](O)CC[C@@H]1CC[C@@H](O)[C@H](C)N1)CC(=O)O. The number of unbranched alkanes of at least 4 members (excludes halogenated alkanes) is 3. The lowest BCUT2D eigenvalue weighted by molar-refractivity contribution is -0.142. The van der Waals surface area contributed by atoms with E-state index in [0.717, 1.165) is 57.8 Å². The zero-order chi connectivity index (χ0) is 21.0. The van der Waals surface area contributed by atoms with E-state index in [-0.39, 0.29) is 24.7 Å². The lowest BCUT2D eigenvalue weighted by atomic mass is 9.91. The van der Waals surface area contributed by atoms with E-state index in [2.05, 4.69) is 10.6 Å². The molecule has 7 heteroatoms. The maximum Gasteiger partial charge on any atom is 0.306 e. The van der Waals surface area contributed by atoms with Gasteiger partial charge in [-0.25, -0.2) is 0 Å². The number of hydrogen-bond acceptors (Lipinski definition) is 6. The Morgan fingerprint density at radius 2 is 1.93 bits per heavy atom. The number of likely N-dealkylation sites (N-methyl/N-ethyl adjacent to an activating group) is 1. The standard InChI is InChI=1S/C21H42N2O5/c1-3-22-15-21(28,14-20(26)27)13-7-5-4-6-8-18(24)11-9-17-10-12-19(25)16(2)23-17/h16-19,22-25,28H,3-15H2,1-2H3,(H,26,27)/t16-,17+,18-,19+,21+/m0/s1. The number of piperidine rings is 1. The Kier molecular flexibility index (Phi) is 12.2. The van der Waals surface area contributed by atoms with Crippen molar-refractivity contribution in [2.75, 3.05) is 13.1 Å². The van der Waals surface area contributed by atoms with E-state index in [0.29, 0.717) is 25.6 Å². The molecule has 6 N–H and O–H groups in total. The van der Waals surface area contributed by atoms with E-state index in [1.807, 2.05) is 13.8 Å². The predicted octanol–water partition coefficient (Wildman–Crippen LogP) is 1.78. The van der Waals surface area contributed by atoms with Crippen LogP contribution in [-0.4, -0.2) is 69.4 Å². The van der Waals surface area contributed by atoms with E-state index in [4.69, 9.17) is 5.11 Å². The van der Waals surface area contributed by atoms with Crippen LogP contribution in [0.5, 0.6) is 0 Å². The Morgan fingerprint density at radius 3 is 2.57 bits per heavy atom.